The van der Waals surface area contributed by atoms with Crippen LogP contribution in [0.3, 0.4) is 0 Å². The largest absolute Gasteiger partial charge is 0.375 e. The van der Waals surface area contributed by atoms with Crippen molar-refractivity contribution in [3.8, 4) is 0 Å². The molecule has 18 heavy (non-hydrogen) atoms. The van der Waals surface area contributed by atoms with Gasteiger partial charge in [0.25, 0.3) is 0 Å². The highest BCUT2D eigenvalue weighted by Gasteiger charge is 2.29. The second kappa shape index (κ2) is 4.28. The van der Waals surface area contributed by atoms with Crippen molar-refractivity contribution in [2.75, 3.05) is 11.9 Å². The van der Waals surface area contributed by atoms with E-state index in [1.165, 1.54) is 0 Å². The highest BCUT2D eigenvalue weighted by Crippen LogP contribution is 2.26. The number of fused-ring (bicyclic) bond motifs is 1. The van der Waals surface area contributed by atoms with E-state index in [0.29, 0.717) is 6.04 Å². The normalized spacial score (nSPS) is 23.1. The Kier molecular flexibility index (Phi) is 2.74. The average Bonchev–Trinajstić information content (AvgIpc) is 2.69. The first-order chi connectivity index (χ1) is 8.62. The third-order valence-electron chi connectivity index (χ3n) is 3.43. The van der Waals surface area contributed by atoms with Crippen LogP contribution in [-0.4, -0.2) is 28.2 Å². The Morgan fingerprint density at radius 2 is 2.22 bits per heavy atom. The van der Waals surface area contributed by atoms with Gasteiger partial charge in [0.2, 0.25) is 5.95 Å². The van der Waals surface area contributed by atoms with Gasteiger partial charge in [0.15, 0.2) is 0 Å². The number of anilines is 1. The minimum absolute atomic E-state index is 0.0397. The Morgan fingerprint density at radius 3 is 3.00 bits per heavy atom. The molecule has 1 unspecified atom stereocenters. The molecule has 1 atom stereocenters. The summed E-state index contributed by atoms with van der Waals surface area (Å²) in [5.41, 5.74) is 2.04. The maximum absolute atomic E-state index is 5.72. The molecule has 4 nitrogen and oxygen atoms in total. The van der Waals surface area contributed by atoms with E-state index in [1.807, 2.05) is 24.3 Å². The van der Waals surface area contributed by atoms with Crippen LogP contribution in [0.1, 0.15) is 26.7 Å². The molecular weight excluding hydrogens is 226 g/mol. The molecule has 96 valence electrons. The SMILES string of the molecule is CC1(C)CC(Nc2nc3ccccc3[nH]2)CCO1. The molecule has 1 fully saturated rings. The number of ether oxygens (including phenoxy) is 1. The molecule has 0 amide bonds. The molecular formula is C14H19N3O. The maximum Gasteiger partial charge on any atom is 0.201 e. The number of aromatic nitrogens is 2. The van der Waals surface area contributed by atoms with Crippen molar-refractivity contribution in [2.45, 2.75) is 38.3 Å². The molecule has 0 aliphatic carbocycles. The van der Waals surface area contributed by atoms with Gasteiger partial charge in [-0.3, -0.25) is 0 Å². The van der Waals surface area contributed by atoms with E-state index in [0.717, 1.165) is 36.4 Å². The number of nitrogens with one attached hydrogen (secondary N) is 2. The fourth-order valence-corrected chi connectivity index (χ4v) is 2.57. The monoisotopic (exact) mass is 245 g/mol. The molecule has 0 saturated carbocycles. The lowest BCUT2D eigenvalue weighted by Crippen LogP contribution is -2.40. The van der Waals surface area contributed by atoms with Gasteiger partial charge in [-0.05, 0) is 38.8 Å². The summed E-state index contributed by atoms with van der Waals surface area (Å²) in [6, 6.07) is 8.51. The molecule has 1 saturated heterocycles. The van der Waals surface area contributed by atoms with Crippen LogP contribution < -0.4 is 5.32 Å². The van der Waals surface area contributed by atoms with Crippen LogP contribution in [0, 0.1) is 0 Å². The van der Waals surface area contributed by atoms with Crippen molar-refractivity contribution >= 4 is 17.0 Å². The van der Waals surface area contributed by atoms with Gasteiger partial charge in [0.05, 0.1) is 16.6 Å². The number of rotatable bonds is 2. The number of hydrogen-bond acceptors (Lipinski definition) is 3. The Hall–Kier alpha value is -1.55. The lowest BCUT2D eigenvalue weighted by molar-refractivity contribution is -0.0553. The van der Waals surface area contributed by atoms with Crippen LogP contribution >= 0.6 is 0 Å². The molecule has 0 radical (unpaired) electrons. The fraction of sp³-hybridized carbons (Fsp3) is 0.500. The van der Waals surface area contributed by atoms with Crippen LogP contribution in [0.15, 0.2) is 24.3 Å². The van der Waals surface area contributed by atoms with E-state index < -0.39 is 0 Å². The van der Waals surface area contributed by atoms with Crippen molar-refractivity contribution in [3.63, 3.8) is 0 Å². The fourth-order valence-electron chi connectivity index (χ4n) is 2.57. The minimum Gasteiger partial charge on any atom is -0.375 e. The number of H-pyrrole nitrogens is 1. The zero-order valence-electron chi connectivity index (χ0n) is 10.9. The van der Waals surface area contributed by atoms with Crippen LogP contribution in [0.5, 0.6) is 0 Å². The highest BCUT2D eigenvalue weighted by atomic mass is 16.5. The minimum atomic E-state index is -0.0397. The molecule has 2 aromatic rings. The summed E-state index contributed by atoms with van der Waals surface area (Å²) in [6.07, 6.45) is 2.03. The maximum atomic E-state index is 5.72. The molecule has 3 rings (SSSR count). The van der Waals surface area contributed by atoms with Gasteiger partial charge >= 0.3 is 0 Å². The first-order valence-corrected chi connectivity index (χ1v) is 6.48. The van der Waals surface area contributed by atoms with Crippen LogP contribution in [0.2, 0.25) is 0 Å². The molecule has 1 aliphatic rings. The molecule has 1 aliphatic heterocycles. The Labute approximate surface area is 107 Å². The van der Waals surface area contributed by atoms with E-state index in [-0.39, 0.29) is 5.60 Å². The number of nitrogens with zero attached hydrogens (tertiary/aromatic N) is 1. The summed E-state index contributed by atoms with van der Waals surface area (Å²) >= 11 is 0. The Bertz CT molecular complexity index is 514. The third-order valence-corrected chi connectivity index (χ3v) is 3.43. The lowest BCUT2D eigenvalue weighted by atomic mass is 9.94. The zero-order chi connectivity index (χ0) is 12.6. The third kappa shape index (κ3) is 2.34. The summed E-state index contributed by atoms with van der Waals surface area (Å²) in [5.74, 6) is 0.860. The summed E-state index contributed by atoms with van der Waals surface area (Å²) in [5, 5.41) is 3.48. The van der Waals surface area contributed by atoms with Gasteiger partial charge in [-0.25, -0.2) is 4.98 Å². The van der Waals surface area contributed by atoms with Gasteiger partial charge in [-0.15, -0.1) is 0 Å². The van der Waals surface area contributed by atoms with Gasteiger partial charge in [-0.2, -0.15) is 0 Å². The summed E-state index contributed by atoms with van der Waals surface area (Å²) in [6.45, 7) is 5.09. The number of benzene rings is 1. The van der Waals surface area contributed by atoms with Crippen molar-refractivity contribution in [1.82, 2.24) is 9.97 Å². The van der Waals surface area contributed by atoms with Crippen LogP contribution in [-0.2, 0) is 4.74 Å². The zero-order valence-corrected chi connectivity index (χ0v) is 10.9. The van der Waals surface area contributed by atoms with E-state index in [1.54, 1.807) is 0 Å². The molecule has 0 spiro atoms. The summed E-state index contributed by atoms with van der Waals surface area (Å²) in [7, 11) is 0. The van der Waals surface area contributed by atoms with Crippen molar-refractivity contribution in [2.24, 2.45) is 0 Å². The first-order valence-electron chi connectivity index (χ1n) is 6.48. The predicted octanol–water partition coefficient (Wildman–Crippen LogP) is 2.93. The second-order valence-electron chi connectivity index (χ2n) is 5.54. The van der Waals surface area contributed by atoms with Crippen molar-refractivity contribution < 1.29 is 4.74 Å². The van der Waals surface area contributed by atoms with E-state index in [9.17, 15) is 0 Å². The summed E-state index contributed by atoms with van der Waals surface area (Å²) in [4.78, 5) is 7.85. The Balaban J connectivity index is 1.76. The lowest BCUT2D eigenvalue weighted by Gasteiger charge is -2.35. The first kappa shape index (κ1) is 11.5. The van der Waals surface area contributed by atoms with E-state index in [4.69, 9.17) is 4.74 Å². The van der Waals surface area contributed by atoms with Gasteiger partial charge < -0.3 is 15.0 Å². The topological polar surface area (TPSA) is 49.9 Å². The van der Waals surface area contributed by atoms with Gasteiger partial charge in [0, 0.05) is 12.6 Å². The Morgan fingerprint density at radius 1 is 1.39 bits per heavy atom. The van der Waals surface area contributed by atoms with Crippen LogP contribution in [0.4, 0.5) is 5.95 Å². The standard InChI is InChI=1S/C14H19N3O/c1-14(2)9-10(7-8-18-14)15-13-16-11-5-3-4-6-12(11)17-13/h3-6,10H,7-9H2,1-2H3,(H2,15,16,17). The van der Waals surface area contributed by atoms with Crippen molar-refractivity contribution in [3.05, 3.63) is 24.3 Å². The van der Waals surface area contributed by atoms with Gasteiger partial charge in [-0.1, -0.05) is 12.1 Å². The number of hydrogen-bond donors (Lipinski definition) is 2. The van der Waals surface area contributed by atoms with Gasteiger partial charge in [0.1, 0.15) is 0 Å². The smallest absolute Gasteiger partial charge is 0.201 e. The average molecular weight is 245 g/mol. The number of para-hydroxylation sites is 2. The van der Waals surface area contributed by atoms with Crippen LogP contribution in [0.25, 0.3) is 11.0 Å². The highest BCUT2D eigenvalue weighted by molar-refractivity contribution is 5.77. The number of imidazole rings is 1. The molecule has 0 bridgehead atoms. The second-order valence-corrected chi connectivity index (χ2v) is 5.54. The number of aromatic amines is 1. The van der Waals surface area contributed by atoms with E-state index in [2.05, 4.69) is 29.1 Å². The quantitative estimate of drug-likeness (QED) is 0.855. The summed E-state index contributed by atoms with van der Waals surface area (Å²) < 4.78 is 5.72. The molecule has 1 aromatic heterocycles. The molecule has 1 aromatic carbocycles. The molecule has 2 N–H and O–H groups in total. The molecule has 4 heteroatoms. The van der Waals surface area contributed by atoms with Crippen molar-refractivity contribution in [1.29, 1.82) is 0 Å². The molecule has 2 heterocycles. The predicted molar refractivity (Wildman–Crippen MR) is 72.8 cm³/mol. The van der Waals surface area contributed by atoms with E-state index >= 15 is 0 Å².